The second kappa shape index (κ2) is 9.09. The topological polar surface area (TPSA) is 84.1 Å². The summed E-state index contributed by atoms with van der Waals surface area (Å²) >= 11 is 0. The van der Waals surface area contributed by atoms with Crippen molar-refractivity contribution < 1.29 is 18.7 Å². The summed E-state index contributed by atoms with van der Waals surface area (Å²) < 4.78 is 20.5. The third-order valence-electron chi connectivity index (χ3n) is 4.78. The Morgan fingerprint density at radius 3 is 2.55 bits per heavy atom. The predicted octanol–water partition coefficient (Wildman–Crippen LogP) is 4.57. The quantitative estimate of drug-likeness (QED) is 0.375. The van der Waals surface area contributed by atoms with Crippen LogP contribution < -0.4 is 5.32 Å². The van der Waals surface area contributed by atoms with Crippen LogP contribution in [0.4, 0.5) is 10.1 Å². The lowest BCUT2D eigenvalue weighted by Crippen LogP contribution is -2.14. The normalized spacial score (nSPS) is 11.0. The van der Waals surface area contributed by atoms with Crippen LogP contribution >= 0.6 is 0 Å². The van der Waals surface area contributed by atoms with Gasteiger partial charge < -0.3 is 14.6 Å². The molecule has 0 saturated heterocycles. The Balaban J connectivity index is 1.96. The Kier molecular flexibility index (Phi) is 6.32. The number of hydrogen-bond donors (Lipinski definition) is 1. The number of ether oxygens (including phenoxy) is 1. The third kappa shape index (κ3) is 4.54. The molecule has 1 N–H and O–H groups in total. The average molecular weight is 417 g/mol. The van der Waals surface area contributed by atoms with Crippen molar-refractivity contribution in [2.45, 2.75) is 13.8 Å². The maximum absolute atomic E-state index is 13.8. The molecule has 0 unspecified atom stereocenters. The molecule has 1 heterocycles. The molecule has 0 fully saturated rings. The number of esters is 1. The molecule has 0 atom stereocenters. The largest absolute Gasteiger partial charge is 0.465 e. The second-order valence-corrected chi connectivity index (χ2v) is 6.81. The Morgan fingerprint density at radius 2 is 1.87 bits per heavy atom. The van der Waals surface area contributed by atoms with Crippen molar-refractivity contribution in [2.24, 2.45) is 0 Å². The molecule has 0 aliphatic heterocycles. The number of hydrogen-bond acceptors (Lipinski definition) is 4. The minimum absolute atomic E-state index is 0.00116. The molecular weight excluding hydrogens is 397 g/mol. The smallest absolute Gasteiger partial charge is 0.337 e. The van der Waals surface area contributed by atoms with Gasteiger partial charge in [0.25, 0.3) is 5.91 Å². The van der Waals surface area contributed by atoms with Gasteiger partial charge in [-0.25, -0.2) is 9.18 Å². The molecule has 1 amide bonds. The van der Waals surface area contributed by atoms with Crippen LogP contribution in [0.2, 0.25) is 0 Å². The van der Waals surface area contributed by atoms with E-state index in [2.05, 4.69) is 5.32 Å². The number of carbonyl (C=O) groups is 2. The molecule has 156 valence electrons. The first-order chi connectivity index (χ1) is 14.8. The summed E-state index contributed by atoms with van der Waals surface area (Å²) in [7, 11) is 1.32. The number of benzene rings is 2. The van der Waals surface area contributed by atoms with Gasteiger partial charge in [0.1, 0.15) is 17.5 Å². The Morgan fingerprint density at radius 1 is 1.13 bits per heavy atom. The SMILES string of the molecule is COC(=O)c1cccc(-n2c(C)cc(/C=C(/C#N)C(=O)Nc3ccccc3F)c2C)c1. The van der Waals surface area contributed by atoms with E-state index in [1.807, 2.05) is 36.6 Å². The molecule has 31 heavy (non-hydrogen) atoms. The van der Waals surface area contributed by atoms with Crippen LogP contribution in [0.15, 0.2) is 60.2 Å². The first-order valence-corrected chi connectivity index (χ1v) is 9.41. The van der Waals surface area contributed by atoms with E-state index in [-0.39, 0.29) is 11.3 Å². The lowest BCUT2D eigenvalue weighted by atomic mass is 10.1. The minimum Gasteiger partial charge on any atom is -0.465 e. The third-order valence-corrected chi connectivity index (χ3v) is 4.78. The molecule has 2 aromatic carbocycles. The van der Waals surface area contributed by atoms with Gasteiger partial charge in [-0.3, -0.25) is 4.79 Å². The van der Waals surface area contributed by atoms with Crippen molar-refractivity contribution in [1.82, 2.24) is 4.57 Å². The number of nitrogens with zero attached hydrogens (tertiary/aromatic N) is 2. The zero-order chi connectivity index (χ0) is 22.5. The van der Waals surface area contributed by atoms with Crippen LogP contribution in [0.1, 0.15) is 27.3 Å². The molecule has 7 heteroatoms. The van der Waals surface area contributed by atoms with E-state index in [4.69, 9.17) is 4.74 Å². The number of aryl methyl sites for hydroxylation is 1. The van der Waals surface area contributed by atoms with Crippen LogP contribution in [-0.2, 0) is 9.53 Å². The van der Waals surface area contributed by atoms with E-state index in [1.54, 1.807) is 24.3 Å². The summed E-state index contributed by atoms with van der Waals surface area (Å²) in [5.41, 5.74) is 3.26. The van der Waals surface area contributed by atoms with E-state index >= 15 is 0 Å². The standard InChI is InChI=1S/C24H20FN3O3/c1-15-11-18(12-19(14-26)23(29)27-22-10-5-4-9-21(22)25)16(2)28(15)20-8-6-7-17(13-20)24(30)31-3/h4-13H,1-3H3,(H,27,29)/b19-12-. The number of rotatable bonds is 5. The number of aromatic nitrogens is 1. The summed E-state index contributed by atoms with van der Waals surface area (Å²) in [6, 6.07) is 16.4. The van der Waals surface area contributed by atoms with Crippen LogP contribution in [0.25, 0.3) is 11.8 Å². The summed E-state index contributed by atoms with van der Waals surface area (Å²) in [4.78, 5) is 24.4. The molecule has 0 radical (unpaired) electrons. The van der Waals surface area contributed by atoms with Crippen molar-refractivity contribution in [2.75, 3.05) is 12.4 Å². The highest BCUT2D eigenvalue weighted by Gasteiger charge is 2.16. The second-order valence-electron chi connectivity index (χ2n) is 6.81. The minimum atomic E-state index is -0.704. The summed E-state index contributed by atoms with van der Waals surface area (Å²) in [5, 5.41) is 11.9. The molecule has 0 spiro atoms. The maximum Gasteiger partial charge on any atom is 0.337 e. The fraction of sp³-hybridized carbons (Fsp3) is 0.125. The van der Waals surface area contributed by atoms with Crippen molar-refractivity contribution in [3.63, 3.8) is 0 Å². The molecular formula is C24H20FN3O3. The maximum atomic E-state index is 13.8. The van der Waals surface area contributed by atoms with Gasteiger partial charge in [-0.2, -0.15) is 5.26 Å². The predicted molar refractivity (Wildman–Crippen MR) is 115 cm³/mol. The van der Waals surface area contributed by atoms with Crippen molar-refractivity contribution >= 4 is 23.6 Å². The number of nitrogens with one attached hydrogen (secondary N) is 1. The van der Waals surface area contributed by atoms with E-state index in [0.717, 1.165) is 17.1 Å². The number of para-hydroxylation sites is 1. The number of methoxy groups -OCH3 is 1. The average Bonchev–Trinajstić information content (AvgIpc) is 3.05. The van der Waals surface area contributed by atoms with Crippen molar-refractivity contribution in [3.8, 4) is 11.8 Å². The monoisotopic (exact) mass is 417 g/mol. The summed E-state index contributed by atoms with van der Waals surface area (Å²) in [6.45, 7) is 3.72. The first-order valence-electron chi connectivity index (χ1n) is 9.41. The van der Waals surface area contributed by atoms with Gasteiger partial charge in [0, 0.05) is 17.1 Å². The first kappa shape index (κ1) is 21.5. The van der Waals surface area contributed by atoms with Crippen molar-refractivity contribution in [1.29, 1.82) is 5.26 Å². The molecule has 0 bridgehead atoms. The summed E-state index contributed by atoms with van der Waals surface area (Å²) in [6.07, 6.45) is 1.46. The zero-order valence-electron chi connectivity index (χ0n) is 17.3. The number of nitriles is 1. The van der Waals surface area contributed by atoms with Gasteiger partial charge in [-0.1, -0.05) is 18.2 Å². The summed E-state index contributed by atoms with van der Waals surface area (Å²) in [5.74, 6) is -1.73. The lowest BCUT2D eigenvalue weighted by molar-refractivity contribution is -0.112. The number of anilines is 1. The van der Waals surface area contributed by atoms with Gasteiger partial charge in [0.2, 0.25) is 0 Å². The van der Waals surface area contributed by atoms with E-state index in [9.17, 15) is 19.2 Å². The van der Waals surface area contributed by atoms with Gasteiger partial charge in [0.05, 0.1) is 18.4 Å². The highest BCUT2D eigenvalue weighted by molar-refractivity contribution is 6.09. The van der Waals surface area contributed by atoms with Crippen LogP contribution in [0.5, 0.6) is 0 Å². The van der Waals surface area contributed by atoms with Crippen molar-refractivity contribution in [3.05, 3.63) is 88.5 Å². The van der Waals surface area contributed by atoms with Gasteiger partial charge in [0.15, 0.2) is 0 Å². The Bertz CT molecular complexity index is 1240. The molecule has 3 rings (SSSR count). The molecule has 3 aromatic rings. The highest BCUT2D eigenvalue weighted by Crippen LogP contribution is 2.24. The van der Waals surface area contributed by atoms with Gasteiger partial charge in [-0.15, -0.1) is 0 Å². The molecule has 1 aromatic heterocycles. The molecule has 6 nitrogen and oxygen atoms in total. The number of amides is 1. The Hall–Kier alpha value is -4.18. The highest BCUT2D eigenvalue weighted by atomic mass is 19.1. The van der Waals surface area contributed by atoms with Crippen LogP contribution in [0.3, 0.4) is 0 Å². The number of halogens is 1. The number of carbonyl (C=O) groups excluding carboxylic acids is 2. The van der Waals surface area contributed by atoms with Crippen LogP contribution in [0, 0.1) is 31.0 Å². The lowest BCUT2D eigenvalue weighted by Gasteiger charge is -2.11. The molecule has 0 saturated carbocycles. The van der Waals surface area contributed by atoms with Gasteiger partial charge in [-0.05, 0) is 61.9 Å². The fourth-order valence-corrected chi connectivity index (χ4v) is 3.28. The Labute approximate surface area is 179 Å². The zero-order valence-corrected chi connectivity index (χ0v) is 17.3. The van der Waals surface area contributed by atoms with Crippen LogP contribution in [-0.4, -0.2) is 23.6 Å². The van der Waals surface area contributed by atoms with E-state index in [1.165, 1.54) is 31.4 Å². The van der Waals surface area contributed by atoms with E-state index in [0.29, 0.717) is 11.1 Å². The molecule has 0 aliphatic rings. The van der Waals surface area contributed by atoms with Gasteiger partial charge >= 0.3 is 5.97 Å². The fourth-order valence-electron chi connectivity index (χ4n) is 3.28. The van der Waals surface area contributed by atoms with E-state index < -0.39 is 17.7 Å². The molecule has 0 aliphatic carbocycles.